The molecule has 6 nitrogen and oxygen atoms in total. The highest BCUT2D eigenvalue weighted by molar-refractivity contribution is 5.73. The fraction of sp³-hybridized carbons (Fsp3) is 0.720. The van der Waals surface area contributed by atoms with Gasteiger partial charge in [-0.2, -0.15) is 0 Å². The molecule has 0 radical (unpaired) electrons. The van der Waals surface area contributed by atoms with Crippen molar-refractivity contribution in [2.45, 2.75) is 45.6 Å². The molecule has 3 aliphatic rings. The second-order valence-electron chi connectivity index (χ2n) is 9.87. The molecule has 1 N–H and O–H groups in total. The molecule has 0 amide bonds. The first-order valence-corrected chi connectivity index (χ1v) is 11.9. The summed E-state index contributed by atoms with van der Waals surface area (Å²) in [5, 5.41) is 3.26. The van der Waals surface area contributed by atoms with Gasteiger partial charge in [0.25, 0.3) is 0 Å². The van der Waals surface area contributed by atoms with Crippen LogP contribution in [-0.2, 0) is 16.0 Å². The summed E-state index contributed by atoms with van der Waals surface area (Å²) in [5.74, 6) is 3.19. The van der Waals surface area contributed by atoms with Crippen molar-refractivity contribution in [1.29, 1.82) is 0 Å². The zero-order chi connectivity index (χ0) is 22.0. The number of nitrogens with one attached hydrogen (secondary N) is 1. The Morgan fingerprint density at radius 3 is 2.65 bits per heavy atom. The Morgan fingerprint density at radius 1 is 1.19 bits per heavy atom. The monoisotopic (exact) mass is 430 g/mol. The Kier molecular flexibility index (Phi) is 7.07. The van der Waals surface area contributed by atoms with Gasteiger partial charge in [0.15, 0.2) is 11.5 Å². The fourth-order valence-corrected chi connectivity index (χ4v) is 5.74. The molecule has 0 aromatic heterocycles. The molecule has 31 heavy (non-hydrogen) atoms. The number of rotatable bonds is 7. The molecule has 3 unspecified atom stereocenters. The van der Waals surface area contributed by atoms with Crippen LogP contribution in [0.2, 0.25) is 0 Å². The van der Waals surface area contributed by atoms with E-state index in [2.05, 4.69) is 36.2 Å². The molecule has 0 bridgehead atoms. The van der Waals surface area contributed by atoms with Crippen LogP contribution in [0, 0.1) is 23.7 Å². The average Bonchev–Trinajstić information content (AvgIpc) is 3.31. The summed E-state index contributed by atoms with van der Waals surface area (Å²) < 4.78 is 17.0. The second-order valence-corrected chi connectivity index (χ2v) is 9.87. The summed E-state index contributed by atoms with van der Waals surface area (Å²) in [4.78, 5) is 15.2. The lowest BCUT2D eigenvalue weighted by Gasteiger charge is -2.47. The van der Waals surface area contributed by atoms with Gasteiger partial charge in [-0.3, -0.25) is 9.69 Å². The minimum Gasteiger partial charge on any atom is -0.493 e. The predicted molar refractivity (Wildman–Crippen MR) is 121 cm³/mol. The Morgan fingerprint density at radius 2 is 1.97 bits per heavy atom. The molecular formula is C25H38N2O4. The minimum absolute atomic E-state index is 0.0221. The van der Waals surface area contributed by atoms with E-state index in [4.69, 9.17) is 14.2 Å². The van der Waals surface area contributed by atoms with Crippen LogP contribution in [0.4, 0.5) is 0 Å². The summed E-state index contributed by atoms with van der Waals surface area (Å²) >= 11 is 0. The standard InChI is InChI=1S/C25H38N2O4/c1-16(2)9-19-14-27-8-6-17-11-23(29-3)24(30-4)12-21(17)22(27)10-20(19)15-31-25(28)18-5-7-26-13-18/h11-12,16,18-20,22,26H,5-10,13-15H2,1-4H3/t18-,19?,20?,22?/m1/s1. The Balaban J connectivity index is 1.53. The highest BCUT2D eigenvalue weighted by atomic mass is 16.5. The molecule has 2 fully saturated rings. The lowest BCUT2D eigenvalue weighted by molar-refractivity contribution is -0.151. The van der Waals surface area contributed by atoms with Gasteiger partial charge >= 0.3 is 5.97 Å². The maximum atomic E-state index is 12.5. The molecule has 3 aliphatic heterocycles. The van der Waals surface area contributed by atoms with E-state index in [1.807, 2.05) is 0 Å². The second kappa shape index (κ2) is 9.78. The zero-order valence-corrected chi connectivity index (χ0v) is 19.5. The van der Waals surface area contributed by atoms with Gasteiger partial charge in [0.1, 0.15) is 0 Å². The van der Waals surface area contributed by atoms with Crippen LogP contribution in [0.25, 0.3) is 0 Å². The van der Waals surface area contributed by atoms with Crippen LogP contribution in [0.15, 0.2) is 12.1 Å². The van der Waals surface area contributed by atoms with Crippen molar-refractivity contribution in [1.82, 2.24) is 10.2 Å². The Hall–Kier alpha value is -1.79. The molecule has 1 aromatic rings. The zero-order valence-electron chi connectivity index (χ0n) is 19.5. The van der Waals surface area contributed by atoms with Gasteiger partial charge in [-0.25, -0.2) is 0 Å². The molecule has 0 spiro atoms. The van der Waals surface area contributed by atoms with Crippen molar-refractivity contribution in [2.75, 3.05) is 47.0 Å². The first kappa shape index (κ1) is 22.4. The van der Waals surface area contributed by atoms with Crippen molar-refractivity contribution in [2.24, 2.45) is 23.7 Å². The molecule has 0 saturated carbocycles. The number of nitrogens with zero attached hydrogens (tertiary/aromatic N) is 1. The Labute approximate surface area is 186 Å². The van der Waals surface area contributed by atoms with Crippen LogP contribution in [0.5, 0.6) is 11.5 Å². The van der Waals surface area contributed by atoms with Crippen LogP contribution in [0.3, 0.4) is 0 Å². The lowest BCUT2D eigenvalue weighted by atomic mass is 9.74. The van der Waals surface area contributed by atoms with Crippen LogP contribution in [-0.4, -0.2) is 57.9 Å². The van der Waals surface area contributed by atoms with Crippen molar-refractivity contribution in [3.63, 3.8) is 0 Å². The molecule has 6 heteroatoms. The summed E-state index contributed by atoms with van der Waals surface area (Å²) in [7, 11) is 3.39. The number of ether oxygens (including phenoxy) is 3. The number of carbonyl (C=O) groups excluding carboxylic acids is 1. The number of benzene rings is 1. The van der Waals surface area contributed by atoms with Crippen molar-refractivity contribution >= 4 is 5.97 Å². The van der Waals surface area contributed by atoms with Gasteiger partial charge in [-0.1, -0.05) is 13.8 Å². The van der Waals surface area contributed by atoms with Crippen molar-refractivity contribution in [3.05, 3.63) is 23.3 Å². The molecule has 0 aliphatic carbocycles. The molecule has 2 saturated heterocycles. The van der Waals surface area contributed by atoms with Gasteiger partial charge < -0.3 is 19.5 Å². The van der Waals surface area contributed by atoms with Gasteiger partial charge in [0, 0.05) is 25.7 Å². The lowest BCUT2D eigenvalue weighted by Crippen LogP contribution is -2.47. The number of carbonyl (C=O) groups is 1. The van der Waals surface area contributed by atoms with E-state index in [0.717, 1.165) is 56.9 Å². The smallest absolute Gasteiger partial charge is 0.310 e. The van der Waals surface area contributed by atoms with E-state index in [1.165, 1.54) is 17.5 Å². The fourth-order valence-electron chi connectivity index (χ4n) is 5.74. The van der Waals surface area contributed by atoms with E-state index in [9.17, 15) is 4.79 Å². The molecular weight excluding hydrogens is 392 g/mol. The Bertz CT molecular complexity index is 775. The quantitative estimate of drug-likeness (QED) is 0.669. The first-order chi connectivity index (χ1) is 15.0. The maximum Gasteiger partial charge on any atom is 0.310 e. The van der Waals surface area contributed by atoms with Gasteiger partial charge in [-0.05, 0) is 73.2 Å². The molecule has 3 heterocycles. The van der Waals surface area contributed by atoms with E-state index < -0.39 is 0 Å². The van der Waals surface area contributed by atoms with Crippen LogP contribution >= 0.6 is 0 Å². The van der Waals surface area contributed by atoms with E-state index in [-0.39, 0.29) is 11.9 Å². The minimum atomic E-state index is -0.0221. The number of hydrogen-bond donors (Lipinski definition) is 1. The molecule has 4 atom stereocenters. The van der Waals surface area contributed by atoms with E-state index in [1.54, 1.807) is 14.2 Å². The van der Waals surface area contributed by atoms with Gasteiger partial charge in [-0.15, -0.1) is 0 Å². The van der Waals surface area contributed by atoms with Crippen molar-refractivity contribution in [3.8, 4) is 11.5 Å². The SMILES string of the molecule is COc1cc2c(cc1OC)C1CC(COC(=O)[C@@H]3CCNC3)C(CC(C)C)CN1CC2. The number of fused-ring (bicyclic) bond motifs is 3. The van der Waals surface area contributed by atoms with Gasteiger partial charge in [0.2, 0.25) is 0 Å². The summed E-state index contributed by atoms with van der Waals surface area (Å²) in [6, 6.07) is 4.67. The van der Waals surface area contributed by atoms with Crippen LogP contribution in [0.1, 0.15) is 50.3 Å². The largest absolute Gasteiger partial charge is 0.493 e. The number of piperidine rings is 1. The molecule has 1 aromatic carbocycles. The van der Waals surface area contributed by atoms with Gasteiger partial charge in [0.05, 0.1) is 26.7 Å². The summed E-state index contributed by atoms with van der Waals surface area (Å²) in [6.45, 7) is 8.94. The van der Waals surface area contributed by atoms with Crippen LogP contribution < -0.4 is 14.8 Å². The topological polar surface area (TPSA) is 60.0 Å². The average molecular weight is 431 g/mol. The number of hydrogen-bond acceptors (Lipinski definition) is 6. The van der Waals surface area contributed by atoms with E-state index >= 15 is 0 Å². The molecule has 172 valence electrons. The molecule has 4 rings (SSSR count). The van der Waals surface area contributed by atoms with E-state index in [0.29, 0.717) is 30.4 Å². The van der Waals surface area contributed by atoms with Crippen molar-refractivity contribution < 1.29 is 19.0 Å². The normalized spacial score (nSPS) is 28.2. The highest BCUT2D eigenvalue weighted by Gasteiger charge is 2.40. The highest BCUT2D eigenvalue weighted by Crippen LogP contribution is 2.45. The first-order valence-electron chi connectivity index (χ1n) is 11.9. The summed E-state index contributed by atoms with van der Waals surface area (Å²) in [6.07, 6.45) is 4.13. The number of esters is 1. The maximum absolute atomic E-state index is 12.5. The predicted octanol–water partition coefficient (Wildman–Crippen LogP) is 3.44. The number of methoxy groups -OCH3 is 2. The third-order valence-electron chi connectivity index (χ3n) is 7.38. The summed E-state index contributed by atoms with van der Waals surface area (Å²) in [5.41, 5.74) is 2.71. The third-order valence-corrected chi connectivity index (χ3v) is 7.38. The third kappa shape index (κ3) is 4.85.